The van der Waals surface area contributed by atoms with Crippen molar-refractivity contribution in [3.05, 3.63) is 39.4 Å². The van der Waals surface area contributed by atoms with Crippen molar-refractivity contribution in [3.63, 3.8) is 0 Å². The molecule has 0 aliphatic carbocycles. The van der Waals surface area contributed by atoms with Crippen LogP contribution in [0, 0.1) is 11.3 Å². The number of nitrogens with one attached hydrogen (secondary N) is 1. The molecule has 0 unspecified atom stereocenters. The number of carbonyl (C=O) groups excluding carboxylic acids is 1. The zero-order chi connectivity index (χ0) is 16.3. The third-order valence-corrected chi connectivity index (χ3v) is 5.53. The topological polar surface area (TPSA) is 87.0 Å². The molecule has 1 N–H and O–H groups in total. The van der Waals surface area contributed by atoms with Crippen LogP contribution in [-0.2, 0) is 14.6 Å². The summed E-state index contributed by atoms with van der Waals surface area (Å²) < 4.78 is 22.7. The molecule has 8 heteroatoms. The maximum absolute atomic E-state index is 12.1. The Morgan fingerprint density at radius 3 is 2.68 bits per heavy atom. The van der Waals surface area contributed by atoms with Gasteiger partial charge in [-0.1, -0.05) is 29.3 Å². The van der Waals surface area contributed by atoms with Gasteiger partial charge < -0.3 is 5.32 Å². The van der Waals surface area contributed by atoms with Crippen LogP contribution in [0.3, 0.4) is 0 Å². The molecule has 0 bridgehead atoms. The van der Waals surface area contributed by atoms with Crippen LogP contribution in [0.4, 0.5) is 0 Å². The Morgan fingerprint density at radius 1 is 1.41 bits per heavy atom. The molecule has 2 rings (SSSR count). The standard InChI is InChI=1S/C14H12Cl2N2O3S/c15-11-2-1-9(13(16)6-11)5-10(7-17)14(19)18-12-3-4-22(20,21)8-12/h1-2,5-6,12H,3-4,8H2,(H,18,19)/b10-5+/t12-/m0/s1. The number of carbonyl (C=O) groups is 1. The first kappa shape index (κ1) is 16.8. The molecule has 0 saturated carbocycles. The van der Waals surface area contributed by atoms with Gasteiger partial charge in [-0.15, -0.1) is 0 Å². The Kier molecular flexibility index (Phi) is 5.12. The zero-order valence-corrected chi connectivity index (χ0v) is 13.7. The molecule has 22 heavy (non-hydrogen) atoms. The molecule has 1 aromatic rings. The van der Waals surface area contributed by atoms with Gasteiger partial charge in [-0.05, 0) is 30.2 Å². The highest BCUT2D eigenvalue weighted by molar-refractivity contribution is 7.91. The smallest absolute Gasteiger partial charge is 0.262 e. The summed E-state index contributed by atoms with van der Waals surface area (Å²) in [6.45, 7) is 0. The minimum Gasteiger partial charge on any atom is -0.348 e. The largest absolute Gasteiger partial charge is 0.348 e. The monoisotopic (exact) mass is 358 g/mol. The molecule has 1 saturated heterocycles. The molecule has 1 aliphatic rings. The average molecular weight is 359 g/mol. The van der Waals surface area contributed by atoms with Gasteiger partial charge in [0.25, 0.3) is 5.91 Å². The third kappa shape index (κ3) is 4.23. The third-order valence-electron chi connectivity index (χ3n) is 3.20. The van der Waals surface area contributed by atoms with Gasteiger partial charge in [0.2, 0.25) is 0 Å². The summed E-state index contributed by atoms with van der Waals surface area (Å²) in [7, 11) is -3.10. The van der Waals surface area contributed by atoms with E-state index in [-0.39, 0.29) is 17.1 Å². The van der Waals surface area contributed by atoms with Crippen molar-refractivity contribution in [3.8, 4) is 6.07 Å². The molecule has 1 atom stereocenters. The molecule has 1 aliphatic heterocycles. The van der Waals surface area contributed by atoms with Crippen molar-refractivity contribution >= 4 is 45.0 Å². The van der Waals surface area contributed by atoms with Crippen LogP contribution in [0.2, 0.25) is 10.0 Å². The maximum Gasteiger partial charge on any atom is 0.262 e. The molecular formula is C14H12Cl2N2O3S. The number of hydrogen-bond donors (Lipinski definition) is 1. The maximum atomic E-state index is 12.1. The number of nitriles is 1. The van der Waals surface area contributed by atoms with E-state index in [2.05, 4.69) is 5.32 Å². The summed E-state index contributed by atoms with van der Waals surface area (Å²) in [5.41, 5.74) is 0.338. The summed E-state index contributed by atoms with van der Waals surface area (Å²) >= 11 is 11.8. The van der Waals surface area contributed by atoms with Gasteiger partial charge in [0.05, 0.1) is 11.5 Å². The second-order valence-electron chi connectivity index (χ2n) is 4.91. The molecule has 1 fully saturated rings. The van der Waals surface area contributed by atoms with E-state index in [0.29, 0.717) is 22.0 Å². The zero-order valence-electron chi connectivity index (χ0n) is 11.3. The van der Waals surface area contributed by atoms with E-state index in [1.54, 1.807) is 18.2 Å². The number of benzene rings is 1. The van der Waals surface area contributed by atoms with E-state index < -0.39 is 21.8 Å². The van der Waals surface area contributed by atoms with Gasteiger partial charge in [-0.3, -0.25) is 4.79 Å². The lowest BCUT2D eigenvalue weighted by Gasteiger charge is -2.10. The summed E-state index contributed by atoms with van der Waals surface area (Å²) in [6, 6.07) is 6.02. The summed E-state index contributed by atoms with van der Waals surface area (Å²) in [4.78, 5) is 12.1. The fourth-order valence-corrected chi connectivity index (χ4v) is 4.23. The van der Waals surface area contributed by atoms with E-state index in [4.69, 9.17) is 28.5 Å². The fraction of sp³-hybridized carbons (Fsp3) is 0.286. The summed E-state index contributed by atoms with van der Waals surface area (Å²) in [6.07, 6.45) is 1.70. The van der Waals surface area contributed by atoms with Crippen LogP contribution in [0.25, 0.3) is 6.08 Å². The molecule has 0 aromatic heterocycles. The quantitative estimate of drug-likeness (QED) is 0.662. The van der Waals surface area contributed by atoms with Gasteiger partial charge in [0.15, 0.2) is 9.84 Å². The number of hydrogen-bond acceptors (Lipinski definition) is 4. The van der Waals surface area contributed by atoms with E-state index in [1.807, 2.05) is 0 Å². The van der Waals surface area contributed by atoms with Gasteiger partial charge in [-0.2, -0.15) is 5.26 Å². The lowest BCUT2D eigenvalue weighted by Crippen LogP contribution is -2.36. The lowest BCUT2D eigenvalue weighted by atomic mass is 10.1. The Morgan fingerprint density at radius 2 is 2.14 bits per heavy atom. The van der Waals surface area contributed by atoms with Crippen LogP contribution < -0.4 is 5.32 Å². The molecule has 5 nitrogen and oxygen atoms in total. The van der Waals surface area contributed by atoms with Gasteiger partial charge in [0.1, 0.15) is 11.6 Å². The summed E-state index contributed by atoms with van der Waals surface area (Å²) in [5.74, 6) is -0.665. The number of amides is 1. The van der Waals surface area contributed by atoms with Crippen molar-refractivity contribution in [1.29, 1.82) is 5.26 Å². The number of nitrogens with zero attached hydrogens (tertiary/aromatic N) is 1. The fourth-order valence-electron chi connectivity index (χ4n) is 2.09. The molecule has 1 heterocycles. The van der Waals surface area contributed by atoms with Crippen molar-refractivity contribution < 1.29 is 13.2 Å². The minimum atomic E-state index is -3.10. The van der Waals surface area contributed by atoms with E-state index in [0.717, 1.165) is 0 Å². The van der Waals surface area contributed by atoms with Crippen LogP contribution >= 0.6 is 23.2 Å². The predicted octanol–water partition coefficient (Wildman–Crippen LogP) is 2.20. The normalized spacial score (nSPS) is 20.4. The minimum absolute atomic E-state index is 0.0482. The Balaban J connectivity index is 2.16. The second-order valence-corrected chi connectivity index (χ2v) is 7.98. The van der Waals surface area contributed by atoms with Gasteiger partial charge in [0, 0.05) is 16.1 Å². The Labute approximate surface area is 138 Å². The highest BCUT2D eigenvalue weighted by atomic mass is 35.5. The van der Waals surface area contributed by atoms with Gasteiger partial charge in [-0.25, -0.2) is 8.42 Å². The molecule has 1 amide bonds. The predicted molar refractivity (Wildman–Crippen MR) is 85.3 cm³/mol. The molecular weight excluding hydrogens is 347 g/mol. The Bertz CT molecular complexity index is 782. The van der Waals surface area contributed by atoms with Crippen molar-refractivity contribution in [2.24, 2.45) is 0 Å². The second kappa shape index (κ2) is 6.69. The van der Waals surface area contributed by atoms with Crippen LogP contribution in [0.15, 0.2) is 23.8 Å². The molecule has 1 aromatic carbocycles. The van der Waals surface area contributed by atoms with E-state index in [1.165, 1.54) is 12.1 Å². The van der Waals surface area contributed by atoms with Gasteiger partial charge >= 0.3 is 0 Å². The first-order valence-electron chi connectivity index (χ1n) is 6.39. The van der Waals surface area contributed by atoms with E-state index in [9.17, 15) is 13.2 Å². The molecule has 0 radical (unpaired) electrons. The number of rotatable bonds is 3. The summed E-state index contributed by atoms with van der Waals surface area (Å²) in [5, 5.41) is 12.4. The van der Waals surface area contributed by atoms with Crippen LogP contribution in [0.1, 0.15) is 12.0 Å². The van der Waals surface area contributed by atoms with Crippen molar-refractivity contribution in [2.75, 3.05) is 11.5 Å². The first-order valence-corrected chi connectivity index (χ1v) is 8.96. The van der Waals surface area contributed by atoms with Crippen molar-refractivity contribution in [1.82, 2.24) is 5.32 Å². The number of sulfone groups is 1. The average Bonchev–Trinajstić information content (AvgIpc) is 2.77. The Hall–Kier alpha value is -1.55. The highest BCUT2D eigenvalue weighted by Crippen LogP contribution is 2.23. The highest BCUT2D eigenvalue weighted by Gasteiger charge is 2.29. The molecule has 116 valence electrons. The lowest BCUT2D eigenvalue weighted by molar-refractivity contribution is -0.117. The van der Waals surface area contributed by atoms with Crippen molar-refractivity contribution in [2.45, 2.75) is 12.5 Å². The van der Waals surface area contributed by atoms with Crippen LogP contribution in [0.5, 0.6) is 0 Å². The van der Waals surface area contributed by atoms with Crippen LogP contribution in [-0.4, -0.2) is 31.9 Å². The SMILES string of the molecule is N#C/C(=C\c1ccc(Cl)cc1Cl)C(=O)N[C@H]1CCS(=O)(=O)C1. The molecule has 0 spiro atoms. The number of halogens is 2. The first-order chi connectivity index (χ1) is 10.3. The van der Waals surface area contributed by atoms with E-state index >= 15 is 0 Å².